The van der Waals surface area contributed by atoms with Crippen LogP contribution in [-0.4, -0.2) is 45.3 Å². The maximum atomic E-state index is 5.46. The third kappa shape index (κ3) is 2.53. The fourth-order valence-corrected chi connectivity index (χ4v) is 1.58. The summed E-state index contributed by atoms with van der Waals surface area (Å²) in [5.41, 5.74) is -0.819. The molecule has 1 radical (unpaired) electrons. The molecular weight excluding hydrogens is 195 g/mol. The molecule has 1 aliphatic rings. The molecule has 0 N–H and O–H groups in total. The summed E-state index contributed by atoms with van der Waals surface area (Å²) in [7, 11) is 4.70. The summed E-state index contributed by atoms with van der Waals surface area (Å²) >= 11 is 0. The maximum absolute atomic E-state index is 5.46. The predicted octanol–water partition coefficient (Wildman–Crippen LogP) is 1.15. The van der Waals surface area contributed by atoms with Crippen molar-refractivity contribution in [3.63, 3.8) is 0 Å². The number of hydrogen-bond acceptors (Lipinski definition) is 4. The number of methoxy groups -OCH3 is 2. The summed E-state index contributed by atoms with van der Waals surface area (Å²) in [6.07, 6.45) is -0.338. The van der Waals surface area contributed by atoms with E-state index in [2.05, 4.69) is 0 Å². The van der Waals surface area contributed by atoms with Crippen molar-refractivity contribution < 1.29 is 18.8 Å². The van der Waals surface area contributed by atoms with Crippen molar-refractivity contribution in [1.82, 2.24) is 0 Å². The highest BCUT2D eigenvalue weighted by Crippen LogP contribution is 2.32. The van der Waals surface area contributed by atoms with Gasteiger partial charge >= 0.3 is 7.69 Å². The van der Waals surface area contributed by atoms with E-state index < -0.39 is 11.2 Å². The highest BCUT2D eigenvalue weighted by atomic mass is 16.7. The van der Waals surface area contributed by atoms with Gasteiger partial charge in [-0.1, -0.05) is 0 Å². The lowest BCUT2D eigenvalue weighted by molar-refractivity contribution is -0.132. The summed E-state index contributed by atoms with van der Waals surface area (Å²) in [5, 5.41) is 0. The highest BCUT2D eigenvalue weighted by molar-refractivity contribution is 6.19. The normalized spacial score (nSPS) is 27.9. The zero-order valence-corrected chi connectivity index (χ0v) is 10.4. The predicted molar refractivity (Wildman–Crippen MR) is 57.7 cm³/mol. The Balaban J connectivity index is 2.82. The second kappa shape index (κ2) is 4.41. The lowest BCUT2D eigenvalue weighted by atomic mass is 9.87. The van der Waals surface area contributed by atoms with E-state index in [1.165, 1.54) is 7.69 Å². The van der Waals surface area contributed by atoms with Gasteiger partial charge in [0.1, 0.15) is 0 Å². The molecule has 5 heteroatoms. The fourth-order valence-electron chi connectivity index (χ4n) is 1.58. The first-order chi connectivity index (χ1) is 6.85. The smallest absolute Gasteiger partial charge is 0.405 e. The van der Waals surface area contributed by atoms with Crippen LogP contribution in [0, 0.1) is 0 Å². The van der Waals surface area contributed by atoms with Crippen LogP contribution in [0.25, 0.3) is 0 Å². The van der Waals surface area contributed by atoms with E-state index >= 15 is 0 Å². The first-order valence-electron chi connectivity index (χ1n) is 5.08. The molecule has 4 nitrogen and oxygen atoms in total. The van der Waals surface area contributed by atoms with Gasteiger partial charge in [-0.05, 0) is 27.7 Å². The SMILES string of the molecule is COC(C)(C)[C@H]1O[B]O[C@@H]1C(C)(C)OC. The molecule has 1 heterocycles. The van der Waals surface area contributed by atoms with Gasteiger partial charge < -0.3 is 18.8 Å². The average molecular weight is 215 g/mol. The van der Waals surface area contributed by atoms with Crippen LogP contribution < -0.4 is 0 Å². The van der Waals surface area contributed by atoms with Crippen molar-refractivity contribution in [1.29, 1.82) is 0 Å². The zero-order valence-electron chi connectivity index (χ0n) is 10.4. The minimum atomic E-state index is -0.409. The molecule has 0 bridgehead atoms. The number of hydrogen-bond donors (Lipinski definition) is 0. The van der Waals surface area contributed by atoms with Crippen molar-refractivity contribution >= 4 is 7.69 Å². The molecule has 0 amide bonds. The van der Waals surface area contributed by atoms with Crippen molar-refractivity contribution in [2.75, 3.05) is 14.2 Å². The van der Waals surface area contributed by atoms with Gasteiger partial charge in [0.05, 0.1) is 23.4 Å². The van der Waals surface area contributed by atoms with Crippen LogP contribution in [0.3, 0.4) is 0 Å². The summed E-state index contributed by atoms with van der Waals surface area (Å²) in [6.45, 7) is 7.88. The van der Waals surface area contributed by atoms with Crippen molar-refractivity contribution in [2.24, 2.45) is 0 Å². The Kier molecular flexibility index (Phi) is 3.82. The minimum absolute atomic E-state index is 0.169. The van der Waals surface area contributed by atoms with Crippen LogP contribution >= 0.6 is 0 Å². The Morgan fingerprint density at radius 1 is 0.867 bits per heavy atom. The van der Waals surface area contributed by atoms with Crippen LogP contribution in [-0.2, 0) is 18.8 Å². The van der Waals surface area contributed by atoms with Gasteiger partial charge in [-0.3, -0.25) is 0 Å². The maximum Gasteiger partial charge on any atom is 0.488 e. The standard InChI is InChI=1S/C10H20BO4/c1-9(2,12-5)7-8(15-11-14-7)10(3,4)13-6/h7-8H,1-6H3/t7-,8-/m0/s1. The summed E-state index contributed by atoms with van der Waals surface area (Å²) < 4.78 is 21.7. The van der Waals surface area contributed by atoms with E-state index in [9.17, 15) is 0 Å². The third-order valence-electron chi connectivity index (χ3n) is 3.10. The van der Waals surface area contributed by atoms with E-state index in [0.29, 0.717) is 0 Å². The number of rotatable bonds is 4. The van der Waals surface area contributed by atoms with Gasteiger partial charge in [-0.2, -0.15) is 0 Å². The Morgan fingerprint density at radius 3 is 1.47 bits per heavy atom. The monoisotopic (exact) mass is 215 g/mol. The molecule has 0 unspecified atom stereocenters. The second-order valence-corrected chi connectivity index (χ2v) is 4.82. The van der Waals surface area contributed by atoms with Crippen molar-refractivity contribution in [2.45, 2.75) is 51.1 Å². The summed E-state index contributed by atoms with van der Waals surface area (Å²) in [4.78, 5) is 0. The van der Waals surface area contributed by atoms with Gasteiger partial charge in [0.25, 0.3) is 0 Å². The fraction of sp³-hybridized carbons (Fsp3) is 1.00. The van der Waals surface area contributed by atoms with Crippen molar-refractivity contribution in [3.8, 4) is 0 Å². The molecular formula is C10H20BO4. The quantitative estimate of drug-likeness (QED) is 0.659. The molecule has 1 fully saturated rings. The van der Waals surface area contributed by atoms with Crippen LogP contribution in [0.15, 0.2) is 0 Å². The van der Waals surface area contributed by atoms with E-state index in [0.717, 1.165) is 0 Å². The molecule has 15 heavy (non-hydrogen) atoms. The second-order valence-electron chi connectivity index (χ2n) is 4.82. The molecule has 0 aliphatic carbocycles. The lowest BCUT2D eigenvalue weighted by Crippen LogP contribution is -2.53. The van der Waals surface area contributed by atoms with Crippen LogP contribution in [0.5, 0.6) is 0 Å². The van der Waals surface area contributed by atoms with E-state index in [-0.39, 0.29) is 12.2 Å². The van der Waals surface area contributed by atoms with Gasteiger partial charge in [-0.15, -0.1) is 0 Å². The Bertz CT molecular complexity index is 195. The molecule has 2 atom stereocenters. The molecule has 0 spiro atoms. The molecule has 1 rings (SSSR count). The molecule has 0 saturated carbocycles. The summed E-state index contributed by atoms with van der Waals surface area (Å²) in [5.74, 6) is 0. The van der Waals surface area contributed by atoms with E-state index in [1.54, 1.807) is 14.2 Å². The van der Waals surface area contributed by atoms with Gasteiger partial charge in [0, 0.05) is 14.2 Å². The van der Waals surface area contributed by atoms with Crippen LogP contribution in [0.2, 0.25) is 0 Å². The van der Waals surface area contributed by atoms with Gasteiger partial charge in [0.15, 0.2) is 0 Å². The van der Waals surface area contributed by atoms with Crippen LogP contribution in [0.1, 0.15) is 27.7 Å². The average Bonchev–Trinajstić information content (AvgIpc) is 2.67. The molecule has 87 valence electrons. The first kappa shape index (κ1) is 13.0. The molecule has 1 aliphatic heterocycles. The molecule has 1 saturated heterocycles. The van der Waals surface area contributed by atoms with Gasteiger partial charge in [0.2, 0.25) is 0 Å². The van der Waals surface area contributed by atoms with E-state index in [1.807, 2.05) is 27.7 Å². The Morgan fingerprint density at radius 2 is 1.20 bits per heavy atom. The molecule has 0 aromatic heterocycles. The van der Waals surface area contributed by atoms with Crippen LogP contribution in [0.4, 0.5) is 0 Å². The first-order valence-corrected chi connectivity index (χ1v) is 5.08. The van der Waals surface area contributed by atoms with Gasteiger partial charge in [-0.25, -0.2) is 0 Å². The number of ether oxygens (including phenoxy) is 2. The topological polar surface area (TPSA) is 36.9 Å². The molecule has 0 aromatic rings. The highest BCUT2D eigenvalue weighted by Gasteiger charge is 2.49. The van der Waals surface area contributed by atoms with Crippen molar-refractivity contribution in [3.05, 3.63) is 0 Å². The third-order valence-corrected chi connectivity index (χ3v) is 3.10. The largest absolute Gasteiger partial charge is 0.488 e. The Labute approximate surface area is 92.5 Å². The molecule has 0 aromatic carbocycles. The van der Waals surface area contributed by atoms with E-state index in [4.69, 9.17) is 18.8 Å². The summed E-state index contributed by atoms with van der Waals surface area (Å²) in [6, 6.07) is 0. The zero-order chi connectivity index (χ0) is 11.7. The minimum Gasteiger partial charge on any atom is -0.405 e. The Hall–Kier alpha value is -0.0951. The lowest BCUT2D eigenvalue weighted by Gasteiger charge is -2.39.